The van der Waals surface area contributed by atoms with E-state index in [0.29, 0.717) is 29.0 Å². The van der Waals surface area contributed by atoms with E-state index in [0.717, 1.165) is 54.9 Å². The van der Waals surface area contributed by atoms with Gasteiger partial charge in [-0.1, -0.05) is 13.8 Å². The average molecular weight is 397 g/mol. The number of Topliss-reactive ketones (excluding diaryl/α,β-unsaturated/α-hetero) is 1. The Morgan fingerprint density at radius 1 is 1.17 bits per heavy atom. The number of allylic oxidation sites excluding steroid dienone is 1. The third-order valence-electron chi connectivity index (χ3n) is 9.88. The number of aromatic nitrogens is 2. The zero-order valence-electron chi connectivity index (χ0n) is 18.4. The Bertz CT molecular complexity index is 870. The molecule has 5 rings (SSSR count). The molecule has 0 amide bonds. The molecule has 0 aromatic carbocycles. The monoisotopic (exact) mass is 396 g/mol. The summed E-state index contributed by atoms with van der Waals surface area (Å²) in [6, 6.07) is 0. The molecular formula is C25H36N2O2. The standard InChI is InChI=1S/C25H36N2O2/c1-15-17(14-26-27(15)4)11-16-12-22-20-6-5-18-13-19(28)7-9-24(18,2)21(20)8-10-25(22,3)23(16)29/h11,14,18-22,28H,5-10,12-13H2,1-4H3/b16-11-/t18-,19-,20-,21-,22+,24+,25+/m1/s1. The van der Waals surface area contributed by atoms with Crippen LogP contribution < -0.4 is 0 Å². The lowest BCUT2D eigenvalue weighted by Gasteiger charge is -2.59. The van der Waals surface area contributed by atoms with Gasteiger partial charge in [0.1, 0.15) is 0 Å². The fourth-order valence-corrected chi connectivity index (χ4v) is 7.88. The fourth-order valence-electron chi connectivity index (χ4n) is 7.88. The molecule has 4 aliphatic carbocycles. The van der Waals surface area contributed by atoms with Gasteiger partial charge in [-0.15, -0.1) is 0 Å². The lowest BCUT2D eigenvalue weighted by Crippen LogP contribution is -2.54. The normalized spacial score (nSPS) is 45.8. The molecule has 4 heteroatoms. The number of hydrogen-bond donors (Lipinski definition) is 1. The molecule has 4 nitrogen and oxygen atoms in total. The molecule has 0 bridgehead atoms. The van der Waals surface area contributed by atoms with Crippen molar-refractivity contribution in [3.63, 3.8) is 0 Å². The molecule has 0 saturated heterocycles. The second kappa shape index (κ2) is 6.54. The fraction of sp³-hybridized carbons (Fsp3) is 0.760. The maximum absolute atomic E-state index is 13.5. The van der Waals surface area contributed by atoms with Crippen LogP contribution in [0.15, 0.2) is 11.8 Å². The van der Waals surface area contributed by atoms with E-state index in [9.17, 15) is 9.90 Å². The van der Waals surface area contributed by atoms with Crippen molar-refractivity contribution in [2.45, 2.75) is 78.2 Å². The first-order chi connectivity index (χ1) is 13.7. The Balaban J connectivity index is 1.46. The zero-order valence-corrected chi connectivity index (χ0v) is 18.4. The number of carbonyl (C=O) groups is 1. The van der Waals surface area contributed by atoms with E-state index in [2.05, 4.69) is 31.9 Å². The number of carbonyl (C=O) groups excluding carboxylic acids is 1. The van der Waals surface area contributed by atoms with E-state index < -0.39 is 0 Å². The second-order valence-corrected chi connectivity index (χ2v) is 11.1. The summed E-state index contributed by atoms with van der Waals surface area (Å²) >= 11 is 0. The molecule has 7 atom stereocenters. The van der Waals surface area contributed by atoms with Crippen molar-refractivity contribution in [3.8, 4) is 0 Å². The van der Waals surface area contributed by atoms with E-state index >= 15 is 0 Å². The zero-order chi connectivity index (χ0) is 20.6. The Kier molecular flexibility index (Phi) is 4.40. The van der Waals surface area contributed by atoms with Gasteiger partial charge in [0.2, 0.25) is 0 Å². The third-order valence-corrected chi connectivity index (χ3v) is 9.88. The highest BCUT2D eigenvalue weighted by molar-refractivity contribution is 6.06. The maximum atomic E-state index is 13.5. The molecule has 0 aliphatic heterocycles. The van der Waals surface area contributed by atoms with E-state index in [1.807, 2.05) is 17.9 Å². The van der Waals surface area contributed by atoms with Gasteiger partial charge in [-0.2, -0.15) is 5.10 Å². The average Bonchev–Trinajstić information content (AvgIpc) is 3.14. The Hall–Kier alpha value is -1.42. The van der Waals surface area contributed by atoms with Gasteiger partial charge < -0.3 is 5.11 Å². The summed E-state index contributed by atoms with van der Waals surface area (Å²) in [5.74, 6) is 2.94. The number of ketones is 1. The Morgan fingerprint density at radius 2 is 1.97 bits per heavy atom. The predicted octanol–water partition coefficient (Wildman–Crippen LogP) is 4.69. The first-order valence-electron chi connectivity index (χ1n) is 11.7. The number of rotatable bonds is 1. The lowest BCUT2D eigenvalue weighted by molar-refractivity contribution is -0.141. The molecule has 0 spiro atoms. The minimum atomic E-state index is -0.180. The van der Waals surface area contributed by atoms with Crippen LogP contribution in [0.1, 0.15) is 76.5 Å². The Labute approximate surface area is 174 Å². The number of aryl methyl sites for hydroxylation is 1. The molecule has 4 saturated carbocycles. The van der Waals surface area contributed by atoms with Crippen LogP contribution >= 0.6 is 0 Å². The van der Waals surface area contributed by atoms with E-state index in [1.165, 1.54) is 19.3 Å². The van der Waals surface area contributed by atoms with E-state index in [1.54, 1.807) is 0 Å². The molecule has 4 aliphatic rings. The first-order valence-corrected chi connectivity index (χ1v) is 11.7. The summed E-state index contributed by atoms with van der Waals surface area (Å²) in [6.07, 6.45) is 12.7. The SMILES string of the molecule is Cc1c(/C=C2/C[C@H]3[C@@H]4CC[C@@H]5C[C@H](O)CC[C@]5(C)[C@@H]4CC[C@]3(C)C2=O)cnn1C. The molecule has 0 radical (unpaired) electrons. The van der Waals surface area contributed by atoms with Gasteiger partial charge in [0, 0.05) is 23.7 Å². The van der Waals surface area contributed by atoms with Crippen LogP contribution in [0.5, 0.6) is 0 Å². The number of aliphatic hydroxyl groups excluding tert-OH is 1. The molecule has 1 heterocycles. The van der Waals surface area contributed by atoms with Gasteiger partial charge in [-0.05, 0) is 99.0 Å². The summed E-state index contributed by atoms with van der Waals surface area (Å²) in [6.45, 7) is 6.84. The molecule has 1 aromatic heterocycles. The maximum Gasteiger partial charge on any atom is 0.165 e. The van der Waals surface area contributed by atoms with Crippen molar-refractivity contribution in [2.75, 3.05) is 0 Å². The van der Waals surface area contributed by atoms with Crippen molar-refractivity contribution in [2.24, 2.45) is 41.5 Å². The minimum absolute atomic E-state index is 0.0937. The van der Waals surface area contributed by atoms with E-state index in [4.69, 9.17) is 0 Å². The summed E-state index contributed by atoms with van der Waals surface area (Å²) in [7, 11) is 1.96. The van der Waals surface area contributed by atoms with Crippen molar-refractivity contribution in [1.82, 2.24) is 9.78 Å². The van der Waals surface area contributed by atoms with Crippen LogP contribution in [0.2, 0.25) is 0 Å². The second-order valence-electron chi connectivity index (χ2n) is 11.1. The quantitative estimate of drug-likeness (QED) is 0.701. The van der Waals surface area contributed by atoms with E-state index in [-0.39, 0.29) is 11.5 Å². The number of hydrogen-bond acceptors (Lipinski definition) is 3. The van der Waals surface area contributed by atoms with Gasteiger partial charge in [0.05, 0.1) is 12.3 Å². The first kappa shape index (κ1) is 19.5. The van der Waals surface area contributed by atoms with Crippen LogP contribution in [-0.2, 0) is 11.8 Å². The van der Waals surface area contributed by atoms with Gasteiger partial charge >= 0.3 is 0 Å². The summed E-state index contributed by atoms with van der Waals surface area (Å²) < 4.78 is 1.89. The molecule has 158 valence electrons. The van der Waals surface area contributed by atoms with Crippen LogP contribution in [-0.4, -0.2) is 26.8 Å². The van der Waals surface area contributed by atoms with Gasteiger partial charge in [0.15, 0.2) is 5.78 Å². The summed E-state index contributed by atoms with van der Waals surface area (Å²) in [5, 5.41) is 14.6. The lowest BCUT2D eigenvalue weighted by atomic mass is 9.45. The minimum Gasteiger partial charge on any atom is -0.393 e. The van der Waals surface area contributed by atoms with Crippen LogP contribution in [0.25, 0.3) is 6.08 Å². The molecule has 0 unspecified atom stereocenters. The molecular weight excluding hydrogens is 360 g/mol. The number of aliphatic hydroxyl groups is 1. The number of nitrogens with zero attached hydrogens (tertiary/aromatic N) is 2. The third kappa shape index (κ3) is 2.74. The summed E-state index contributed by atoms with van der Waals surface area (Å²) in [4.78, 5) is 13.5. The van der Waals surface area contributed by atoms with Gasteiger partial charge in [-0.25, -0.2) is 0 Å². The highest BCUT2D eigenvalue weighted by atomic mass is 16.3. The van der Waals surface area contributed by atoms with Crippen molar-refractivity contribution in [3.05, 3.63) is 23.0 Å². The van der Waals surface area contributed by atoms with Crippen LogP contribution in [0.4, 0.5) is 0 Å². The van der Waals surface area contributed by atoms with Crippen LogP contribution in [0.3, 0.4) is 0 Å². The highest BCUT2D eigenvalue weighted by Gasteiger charge is 2.61. The smallest absolute Gasteiger partial charge is 0.165 e. The topological polar surface area (TPSA) is 55.1 Å². The van der Waals surface area contributed by atoms with Crippen molar-refractivity contribution < 1.29 is 9.90 Å². The molecule has 4 fully saturated rings. The summed E-state index contributed by atoms with van der Waals surface area (Å²) in [5.41, 5.74) is 3.42. The Morgan fingerprint density at radius 3 is 2.69 bits per heavy atom. The molecule has 1 N–H and O–H groups in total. The molecule has 29 heavy (non-hydrogen) atoms. The predicted molar refractivity (Wildman–Crippen MR) is 114 cm³/mol. The van der Waals surface area contributed by atoms with Crippen LogP contribution in [0, 0.1) is 41.4 Å². The molecule has 1 aromatic rings. The largest absolute Gasteiger partial charge is 0.393 e. The van der Waals surface area contributed by atoms with Crippen molar-refractivity contribution >= 4 is 11.9 Å². The van der Waals surface area contributed by atoms with Gasteiger partial charge in [-0.3, -0.25) is 9.48 Å². The number of fused-ring (bicyclic) bond motifs is 5. The van der Waals surface area contributed by atoms with Crippen molar-refractivity contribution in [1.29, 1.82) is 0 Å². The highest BCUT2D eigenvalue weighted by Crippen LogP contribution is 2.66. The van der Waals surface area contributed by atoms with Gasteiger partial charge in [0.25, 0.3) is 0 Å².